The van der Waals surface area contributed by atoms with Crippen molar-refractivity contribution in [2.75, 3.05) is 0 Å². The maximum Gasteiger partial charge on any atom is 0.331 e. The highest BCUT2D eigenvalue weighted by atomic mass is 16.4. The Balaban J connectivity index is 4.17. The Kier molecular flexibility index (Phi) is 2.44. The normalized spacial score (nSPS) is 11.0. The molecule has 0 saturated heterocycles. The fourth-order valence-corrected chi connectivity index (χ4v) is 0.275. The quantitative estimate of drug-likeness (QED) is 0.493. The van der Waals surface area contributed by atoms with Crippen molar-refractivity contribution in [1.29, 1.82) is 0 Å². The summed E-state index contributed by atoms with van der Waals surface area (Å²) < 4.78 is 0. The Morgan fingerprint density at radius 1 is 1.56 bits per heavy atom. The summed E-state index contributed by atoms with van der Waals surface area (Å²) in [5.74, 6) is -1.87. The number of hydrogen-bond acceptors (Lipinski definition) is 2. The van der Waals surface area contributed by atoms with Gasteiger partial charge in [-0.1, -0.05) is 0 Å². The number of carbonyl (C=O) groups excluding carboxylic acids is 1. The molecular weight excluding hydrogens is 122 g/mol. The lowest BCUT2D eigenvalue weighted by molar-refractivity contribution is -0.132. The number of nitrogens with two attached hydrogens (primary N) is 1. The predicted molar refractivity (Wildman–Crippen MR) is 30.6 cm³/mol. The van der Waals surface area contributed by atoms with Crippen molar-refractivity contribution in [1.82, 2.24) is 0 Å². The molecule has 1 amide bonds. The Labute approximate surface area is 52.0 Å². The van der Waals surface area contributed by atoms with Crippen molar-refractivity contribution < 1.29 is 14.7 Å². The second-order valence-corrected chi connectivity index (χ2v) is 1.53. The van der Waals surface area contributed by atoms with Crippen LogP contribution in [-0.2, 0) is 9.59 Å². The molecule has 0 fully saturated rings. The van der Waals surface area contributed by atoms with Gasteiger partial charge in [-0.2, -0.15) is 0 Å². The molecule has 0 heterocycles. The minimum absolute atomic E-state index is 0.0532. The highest BCUT2D eigenvalue weighted by Gasteiger charge is 1.99. The van der Waals surface area contributed by atoms with Gasteiger partial charge in [0.2, 0.25) is 5.91 Å². The van der Waals surface area contributed by atoms with Gasteiger partial charge in [-0.15, -0.1) is 0 Å². The summed E-state index contributed by atoms with van der Waals surface area (Å²) in [6.45, 7) is 1.30. The molecule has 0 bridgehead atoms. The van der Waals surface area contributed by atoms with E-state index >= 15 is 0 Å². The van der Waals surface area contributed by atoms with Crippen LogP contribution in [0.3, 0.4) is 0 Å². The van der Waals surface area contributed by atoms with Crippen LogP contribution in [-0.4, -0.2) is 17.0 Å². The minimum atomic E-state index is -1.13. The lowest BCUT2D eigenvalue weighted by Crippen LogP contribution is -2.09. The monoisotopic (exact) mass is 129 g/mol. The molecule has 0 aliphatic rings. The van der Waals surface area contributed by atoms with Gasteiger partial charge in [0.1, 0.15) is 0 Å². The maximum absolute atomic E-state index is 10.00. The van der Waals surface area contributed by atoms with Gasteiger partial charge in [-0.05, 0) is 6.92 Å². The Bertz CT molecular complexity index is 171. The number of rotatable bonds is 2. The third kappa shape index (κ3) is 3.28. The molecular formula is C5H7NO3. The zero-order valence-electron chi connectivity index (χ0n) is 4.92. The fourth-order valence-electron chi connectivity index (χ4n) is 0.275. The maximum atomic E-state index is 10.00. The van der Waals surface area contributed by atoms with Crippen molar-refractivity contribution in [2.45, 2.75) is 6.92 Å². The number of primary amides is 1. The fraction of sp³-hybridized carbons (Fsp3) is 0.200. The van der Waals surface area contributed by atoms with E-state index < -0.39 is 11.9 Å². The molecule has 0 aromatic carbocycles. The SMILES string of the molecule is CC(=CC(N)=O)C(=O)O. The van der Waals surface area contributed by atoms with Crippen molar-refractivity contribution in [2.24, 2.45) is 5.73 Å². The van der Waals surface area contributed by atoms with Crippen LogP contribution >= 0.6 is 0 Å². The van der Waals surface area contributed by atoms with Crippen LogP contribution in [0.25, 0.3) is 0 Å². The van der Waals surface area contributed by atoms with Crippen LogP contribution in [0.4, 0.5) is 0 Å². The molecule has 0 aliphatic heterocycles. The van der Waals surface area contributed by atoms with E-state index in [4.69, 9.17) is 5.11 Å². The Hall–Kier alpha value is -1.32. The molecule has 0 atom stereocenters. The van der Waals surface area contributed by atoms with Crippen LogP contribution in [0.1, 0.15) is 6.92 Å². The van der Waals surface area contributed by atoms with Crippen LogP contribution in [0, 0.1) is 0 Å². The molecule has 0 saturated carbocycles. The smallest absolute Gasteiger partial charge is 0.331 e. The van der Waals surface area contributed by atoms with Gasteiger partial charge in [0.25, 0.3) is 0 Å². The van der Waals surface area contributed by atoms with Crippen LogP contribution < -0.4 is 5.73 Å². The number of carbonyl (C=O) groups is 2. The molecule has 0 aromatic rings. The van der Waals surface area contributed by atoms with Gasteiger partial charge in [0, 0.05) is 11.6 Å². The van der Waals surface area contributed by atoms with Gasteiger partial charge in [-0.3, -0.25) is 4.79 Å². The first-order valence-electron chi connectivity index (χ1n) is 2.25. The number of carboxylic acid groups (broad SMARTS) is 1. The largest absolute Gasteiger partial charge is 0.478 e. The number of carboxylic acids is 1. The molecule has 0 radical (unpaired) electrons. The summed E-state index contributed by atoms with van der Waals surface area (Å²) >= 11 is 0. The highest BCUT2D eigenvalue weighted by Crippen LogP contribution is 1.88. The zero-order valence-corrected chi connectivity index (χ0v) is 4.92. The van der Waals surface area contributed by atoms with E-state index in [1.54, 1.807) is 0 Å². The number of aliphatic carboxylic acids is 1. The molecule has 0 aromatic heterocycles. The van der Waals surface area contributed by atoms with E-state index in [1.807, 2.05) is 0 Å². The van der Waals surface area contributed by atoms with Gasteiger partial charge in [0.15, 0.2) is 0 Å². The molecule has 4 nitrogen and oxygen atoms in total. The first-order valence-corrected chi connectivity index (χ1v) is 2.25. The second-order valence-electron chi connectivity index (χ2n) is 1.53. The Morgan fingerprint density at radius 3 is 2.11 bits per heavy atom. The summed E-state index contributed by atoms with van der Waals surface area (Å²) in [4.78, 5) is 20.0. The predicted octanol–water partition coefficient (Wildman–Crippen LogP) is -0.497. The number of hydrogen-bond donors (Lipinski definition) is 2. The van der Waals surface area contributed by atoms with Gasteiger partial charge >= 0.3 is 5.97 Å². The standard InChI is InChI=1S/C5H7NO3/c1-3(5(8)9)2-4(6)7/h2H,1H3,(H2,6,7)(H,8,9). The second kappa shape index (κ2) is 2.86. The van der Waals surface area contributed by atoms with Gasteiger partial charge < -0.3 is 10.8 Å². The molecule has 4 heteroatoms. The van der Waals surface area contributed by atoms with Gasteiger partial charge in [-0.25, -0.2) is 4.79 Å². The first kappa shape index (κ1) is 7.68. The van der Waals surface area contributed by atoms with E-state index in [0.29, 0.717) is 0 Å². The van der Waals surface area contributed by atoms with E-state index in [2.05, 4.69) is 5.73 Å². The van der Waals surface area contributed by atoms with Crippen LogP contribution in [0.5, 0.6) is 0 Å². The van der Waals surface area contributed by atoms with Crippen molar-refractivity contribution in [3.8, 4) is 0 Å². The Morgan fingerprint density at radius 2 is 2.00 bits per heavy atom. The van der Waals surface area contributed by atoms with E-state index in [1.165, 1.54) is 6.92 Å². The zero-order chi connectivity index (χ0) is 7.44. The molecule has 9 heavy (non-hydrogen) atoms. The average molecular weight is 129 g/mol. The summed E-state index contributed by atoms with van der Waals surface area (Å²) in [5, 5.41) is 8.15. The molecule has 0 unspecified atom stereocenters. The molecule has 0 aliphatic carbocycles. The first-order chi connectivity index (χ1) is 4.04. The minimum Gasteiger partial charge on any atom is -0.478 e. The third-order valence-electron chi connectivity index (χ3n) is 0.696. The summed E-state index contributed by atoms with van der Waals surface area (Å²) in [5.41, 5.74) is 4.60. The van der Waals surface area contributed by atoms with E-state index in [0.717, 1.165) is 6.08 Å². The average Bonchev–Trinajstić information content (AvgIpc) is 1.63. The summed E-state index contributed by atoms with van der Waals surface area (Å²) in [6, 6.07) is 0. The highest BCUT2D eigenvalue weighted by molar-refractivity contribution is 5.96. The summed E-state index contributed by atoms with van der Waals surface area (Å²) in [6.07, 6.45) is 0.863. The third-order valence-corrected chi connectivity index (χ3v) is 0.696. The van der Waals surface area contributed by atoms with Crippen LogP contribution in [0.2, 0.25) is 0 Å². The van der Waals surface area contributed by atoms with E-state index in [9.17, 15) is 9.59 Å². The summed E-state index contributed by atoms with van der Waals surface area (Å²) in [7, 11) is 0. The van der Waals surface area contributed by atoms with Crippen molar-refractivity contribution in [3.05, 3.63) is 11.6 Å². The molecule has 0 rings (SSSR count). The molecule has 50 valence electrons. The molecule has 0 spiro atoms. The lowest BCUT2D eigenvalue weighted by atomic mass is 10.3. The lowest BCUT2D eigenvalue weighted by Gasteiger charge is -1.87. The molecule has 3 N–H and O–H groups in total. The van der Waals surface area contributed by atoms with E-state index in [-0.39, 0.29) is 5.57 Å². The number of amides is 1. The topological polar surface area (TPSA) is 80.4 Å². The van der Waals surface area contributed by atoms with Crippen molar-refractivity contribution >= 4 is 11.9 Å². The van der Waals surface area contributed by atoms with Crippen LogP contribution in [0.15, 0.2) is 11.6 Å². The van der Waals surface area contributed by atoms with Crippen molar-refractivity contribution in [3.63, 3.8) is 0 Å². The van der Waals surface area contributed by atoms with Gasteiger partial charge in [0.05, 0.1) is 0 Å².